The molecule has 1 rings (SSSR count). The molecule has 1 saturated heterocycles. The Morgan fingerprint density at radius 3 is 2.15 bits per heavy atom. The second-order valence-corrected chi connectivity index (χ2v) is 4.38. The fourth-order valence-electron chi connectivity index (χ4n) is 1.39. The summed E-state index contributed by atoms with van der Waals surface area (Å²) in [6, 6.07) is 0. The van der Waals surface area contributed by atoms with Crippen LogP contribution in [0.5, 0.6) is 0 Å². The average Bonchev–Trinajstić information content (AvgIpc) is 2.19. The van der Waals surface area contributed by atoms with E-state index in [1.165, 1.54) is 25.9 Å². The molecule has 0 radical (unpaired) electrons. The summed E-state index contributed by atoms with van der Waals surface area (Å²) in [4.78, 5) is 0. The predicted molar refractivity (Wildman–Crippen MR) is 60.5 cm³/mol. The highest BCUT2D eigenvalue weighted by molar-refractivity contribution is 7.34. The molecule has 1 fully saturated rings. The highest BCUT2D eigenvalue weighted by atomic mass is 31.1. The van der Waals surface area contributed by atoms with Crippen LogP contribution in [0.15, 0.2) is 0 Å². The van der Waals surface area contributed by atoms with E-state index in [1.54, 1.807) is 14.2 Å². The SMILES string of the molecule is COC.CPN1CCC(CN)CC1. The summed E-state index contributed by atoms with van der Waals surface area (Å²) in [5, 5.41) is 0. The lowest BCUT2D eigenvalue weighted by molar-refractivity contribution is 0.277. The van der Waals surface area contributed by atoms with E-state index < -0.39 is 0 Å². The molecule has 4 heteroatoms. The molecular weight excluding hydrogens is 183 g/mol. The fraction of sp³-hybridized carbons (Fsp3) is 1.00. The largest absolute Gasteiger partial charge is 0.388 e. The van der Waals surface area contributed by atoms with E-state index in [-0.39, 0.29) is 0 Å². The first-order valence-corrected chi connectivity index (χ1v) is 6.25. The van der Waals surface area contributed by atoms with Gasteiger partial charge in [0.05, 0.1) is 0 Å². The van der Waals surface area contributed by atoms with Crippen molar-refractivity contribution < 1.29 is 4.74 Å². The molecule has 1 aliphatic rings. The van der Waals surface area contributed by atoms with Crippen LogP contribution in [0.25, 0.3) is 0 Å². The van der Waals surface area contributed by atoms with Gasteiger partial charge in [-0.25, -0.2) is 0 Å². The van der Waals surface area contributed by atoms with E-state index in [0.29, 0.717) is 0 Å². The maximum Gasteiger partial charge on any atom is 0.0351 e. The lowest BCUT2D eigenvalue weighted by Gasteiger charge is -2.29. The predicted octanol–water partition coefficient (Wildman–Crippen LogP) is 1.14. The van der Waals surface area contributed by atoms with Gasteiger partial charge in [0.1, 0.15) is 0 Å². The van der Waals surface area contributed by atoms with Gasteiger partial charge in [0.2, 0.25) is 0 Å². The summed E-state index contributed by atoms with van der Waals surface area (Å²) in [7, 11) is 4.24. The second-order valence-electron chi connectivity index (χ2n) is 3.30. The van der Waals surface area contributed by atoms with E-state index >= 15 is 0 Å². The Morgan fingerprint density at radius 1 is 1.38 bits per heavy atom. The summed E-state index contributed by atoms with van der Waals surface area (Å²) >= 11 is 0. The second kappa shape index (κ2) is 8.89. The smallest absolute Gasteiger partial charge is 0.0351 e. The third-order valence-corrected chi connectivity index (χ3v) is 3.34. The highest BCUT2D eigenvalue weighted by Crippen LogP contribution is 2.23. The molecular formula is C9H23N2OP. The van der Waals surface area contributed by atoms with Gasteiger partial charge in [-0.1, -0.05) is 8.73 Å². The van der Waals surface area contributed by atoms with Crippen molar-refractivity contribution in [3.63, 3.8) is 0 Å². The van der Waals surface area contributed by atoms with Crippen molar-refractivity contribution in [2.75, 3.05) is 40.5 Å². The van der Waals surface area contributed by atoms with Crippen molar-refractivity contribution >= 4 is 8.73 Å². The Labute approximate surface area is 83.8 Å². The van der Waals surface area contributed by atoms with Crippen molar-refractivity contribution in [1.29, 1.82) is 0 Å². The van der Waals surface area contributed by atoms with Crippen LogP contribution in [0.1, 0.15) is 12.8 Å². The molecule has 0 aromatic heterocycles. The summed E-state index contributed by atoms with van der Waals surface area (Å²) in [6.07, 6.45) is 2.63. The lowest BCUT2D eigenvalue weighted by atomic mass is 9.99. The van der Waals surface area contributed by atoms with E-state index in [2.05, 4.69) is 16.1 Å². The third kappa shape index (κ3) is 6.39. The van der Waals surface area contributed by atoms with Crippen LogP contribution in [0.3, 0.4) is 0 Å². The number of rotatable bonds is 2. The minimum absolute atomic E-state index is 0.813. The molecule has 0 spiro atoms. The van der Waals surface area contributed by atoms with Gasteiger partial charge in [0, 0.05) is 27.3 Å². The number of hydrogen-bond acceptors (Lipinski definition) is 3. The lowest BCUT2D eigenvalue weighted by Crippen LogP contribution is -2.30. The Bertz CT molecular complexity index is 93.8. The maximum atomic E-state index is 5.57. The molecule has 0 aromatic carbocycles. The van der Waals surface area contributed by atoms with Crippen LogP contribution >= 0.6 is 8.73 Å². The number of hydrogen-bond donors (Lipinski definition) is 1. The minimum Gasteiger partial charge on any atom is -0.388 e. The molecule has 2 N–H and O–H groups in total. The molecule has 0 bridgehead atoms. The van der Waals surface area contributed by atoms with Crippen molar-refractivity contribution in [2.45, 2.75) is 12.8 Å². The van der Waals surface area contributed by atoms with Crippen LogP contribution in [-0.4, -0.2) is 45.2 Å². The van der Waals surface area contributed by atoms with Crippen LogP contribution in [0.4, 0.5) is 0 Å². The molecule has 0 aromatic rings. The van der Waals surface area contributed by atoms with E-state index in [1.807, 2.05) is 0 Å². The Balaban J connectivity index is 0.000000424. The van der Waals surface area contributed by atoms with Gasteiger partial charge >= 0.3 is 0 Å². The minimum atomic E-state index is 0.813. The molecule has 0 amide bonds. The number of ether oxygens (including phenoxy) is 1. The van der Waals surface area contributed by atoms with E-state index in [0.717, 1.165) is 21.2 Å². The molecule has 1 atom stereocenters. The number of nitrogens with zero attached hydrogens (tertiary/aromatic N) is 1. The molecule has 80 valence electrons. The first-order chi connectivity index (χ1) is 6.28. The van der Waals surface area contributed by atoms with E-state index in [4.69, 9.17) is 5.73 Å². The van der Waals surface area contributed by atoms with Crippen LogP contribution in [-0.2, 0) is 4.74 Å². The van der Waals surface area contributed by atoms with Gasteiger partial charge in [0.15, 0.2) is 0 Å². The van der Waals surface area contributed by atoms with Crippen LogP contribution in [0.2, 0.25) is 0 Å². The molecule has 0 saturated carbocycles. The quantitative estimate of drug-likeness (QED) is 0.689. The zero-order valence-electron chi connectivity index (χ0n) is 9.05. The van der Waals surface area contributed by atoms with E-state index in [9.17, 15) is 0 Å². The fourth-order valence-corrected chi connectivity index (χ4v) is 2.10. The molecule has 0 aliphatic carbocycles. The van der Waals surface area contributed by atoms with Gasteiger partial charge in [-0.2, -0.15) is 0 Å². The number of nitrogens with two attached hydrogens (primary N) is 1. The monoisotopic (exact) mass is 206 g/mol. The third-order valence-electron chi connectivity index (χ3n) is 2.26. The van der Waals surface area contributed by atoms with Crippen molar-refractivity contribution in [3.05, 3.63) is 0 Å². The van der Waals surface area contributed by atoms with Gasteiger partial charge in [-0.15, -0.1) is 0 Å². The van der Waals surface area contributed by atoms with Crippen molar-refractivity contribution in [2.24, 2.45) is 11.7 Å². The molecule has 1 unspecified atom stereocenters. The Morgan fingerprint density at radius 2 is 1.85 bits per heavy atom. The van der Waals surface area contributed by atoms with Gasteiger partial charge < -0.3 is 10.5 Å². The number of methoxy groups -OCH3 is 1. The molecule has 1 heterocycles. The normalized spacial score (nSPS) is 20.3. The summed E-state index contributed by atoms with van der Waals surface area (Å²) in [6.45, 7) is 5.69. The summed E-state index contributed by atoms with van der Waals surface area (Å²) in [5.41, 5.74) is 5.57. The van der Waals surface area contributed by atoms with Crippen molar-refractivity contribution in [3.8, 4) is 0 Å². The van der Waals surface area contributed by atoms with Crippen LogP contribution < -0.4 is 5.73 Å². The molecule has 3 nitrogen and oxygen atoms in total. The Hall–Kier alpha value is 0.310. The Kier molecular flexibility index (Phi) is 9.10. The first-order valence-electron chi connectivity index (χ1n) is 4.81. The standard InChI is InChI=1S/C7H17N2P.C2H6O/c1-10-9-4-2-7(6-8)3-5-9;1-3-2/h7,10H,2-6,8H2,1H3;1-2H3. The maximum absolute atomic E-state index is 5.57. The van der Waals surface area contributed by atoms with Gasteiger partial charge in [0.25, 0.3) is 0 Å². The summed E-state index contributed by atoms with van der Waals surface area (Å²) in [5.74, 6) is 0.813. The van der Waals surface area contributed by atoms with Gasteiger partial charge in [-0.3, -0.25) is 4.67 Å². The average molecular weight is 206 g/mol. The number of piperidine rings is 1. The van der Waals surface area contributed by atoms with Crippen molar-refractivity contribution in [1.82, 2.24) is 4.67 Å². The van der Waals surface area contributed by atoms with Gasteiger partial charge in [-0.05, 0) is 32.0 Å². The molecule has 1 aliphatic heterocycles. The topological polar surface area (TPSA) is 38.5 Å². The summed E-state index contributed by atoms with van der Waals surface area (Å²) < 4.78 is 6.77. The zero-order valence-corrected chi connectivity index (χ0v) is 10.0. The first kappa shape index (κ1) is 13.3. The zero-order chi connectivity index (χ0) is 10.1. The highest BCUT2D eigenvalue weighted by Gasteiger charge is 2.15. The van der Waals surface area contributed by atoms with Crippen LogP contribution in [0, 0.1) is 5.92 Å². The molecule has 13 heavy (non-hydrogen) atoms.